The molecule has 0 aliphatic carbocycles. The summed E-state index contributed by atoms with van der Waals surface area (Å²) in [6.07, 6.45) is 2.87. The number of hydrogen-bond acceptors (Lipinski definition) is 3. The van der Waals surface area contributed by atoms with Crippen molar-refractivity contribution in [3.63, 3.8) is 0 Å². The summed E-state index contributed by atoms with van der Waals surface area (Å²) >= 11 is 3.18. The molecule has 1 aliphatic rings. The molecule has 1 aliphatic heterocycles. The SMILES string of the molecule is CC(Br)C(=O)Nc1cccc(S(=O)(=O)N2CCCCC2)c1. The predicted octanol–water partition coefficient (Wildman–Crippen LogP) is 2.58. The smallest absolute Gasteiger partial charge is 0.243 e. The molecule has 0 aromatic heterocycles. The van der Waals surface area contributed by atoms with Gasteiger partial charge < -0.3 is 5.32 Å². The van der Waals surface area contributed by atoms with E-state index in [0.717, 1.165) is 19.3 Å². The first-order valence-electron chi connectivity index (χ1n) is 6.96. The van der Waals surface area contributed by atoms with Gasteiger partial charge in [-0.2, -0.15) is 4.31 Å². The molecule has 1 aromatic carbocycles. The molecule has 7 heteroatoms. The number of nitrogens with zero attached hydrogens (tertiary/aromatic N) is 1. The lowest BCUT2D eigenvalue weighted by Crippen LogP contribution is -2.35. The molecular formula is C14H19BrN2O3S. The van der Waals surface area contributed by atoms with Crippen LogP contribution in [-0.2, 0) is 14.8 Å². The molecule has 5 nitrogen and oxygen atoms in total. The molecule has 0 saturated carbocycles. The number of hydrogen-bond donors (Lipinski definition) is 1. The maximum absolute atomic E-state index is 12.6. The minimum atomic E-state index is -3.47. The molecule has 0 bridgehead atoms. The maximum Gasteiger partial charge on any atom is 0.243 e. The predicted molar refractivity (Wildman–Crippen MR) is 86.1 cm³/mol. The Balaban J connectivity index is 2.21. The van der Waals surface area contributed by atoms with Crippen molar-refractivity contribution < 1.29 is 13.2 Å². The molecule has 2 rings (SSSR count). The first-order valence-corrected chi connectivity index (χ1v) is 9.32. The molecule has 21 heavy (non-hydrogen) atoms. The molecule has 1 N–H and O–H groups in total. The zero-order chi connectivity index (χ0) is 15.5. The topological polar surface area (TPSA) is 66.5 Å². The third-order valence-corrected chi connectivity index (χ3v) is 5.73. The van der Waals surface area contributed by atoms with Crippen LogP contribution in [-0.4, -0.2) is 36.5 Å². The molecule has 0 spiro atoms. The van der Waals surface area contributed by atoms with E-state index >= 15 is 0 Å². The third kappa shape index (κ3) is 4.05. The lowest BCUT2D eigenvalue weighted by molar-refractivity contribution is -0.115. The van der Waals surface area contributed by atoms with E-state index in [1.54, 1.807) is 25.1 Å². The molecule has 1 fully saturated rings. The summed E-state index contributed by atoms with van der Waals surface area (Å²) in [5, 5.41) is 2.69. The van der Waals surface area contributed by atoms with Crippen molar-refractivity contribution in [3.8, 4) is 0 Å². The Hall–Kier alpha value is -0.920. The van der Waals surface area contributed by atoms with Gasteiger partial charge in [0.25, 0.3) is 0 Å². The number of benzene rings is 1. The van der Waals surface area contributed by atoms with Crippen molar-refractivity contribution in [2.75, 3.05) is 18.4 Å². The van der Waals surface area contributed by atoms with E-state index in [-0.39, 0.29) is 15.6 Å². The van der Waals surface area contributed by atoms with E-state index in [0.29, 0.717) is 18.8 Å². The molecule has 0 radical (unpaired) electrons. The second-order valence-electron chi connectivity index (χ2n) is 5.10. The number of nitrogens with one attached hydrogen (secondary N) is 1. The highest BCUT2D eigenvalue weighted by Crippen LogP contribution is 2.23. The Morgan fingerprint density at radius 3 is 2.57 bits per heavy atom. The fraction of sp³-hybridized carbons (Fsp3) is 0.500. The number of alkyl halides is 1. The van der Waals surface area contributed by atoms with Crippen LogP contribution in [0.4, 0.5) is 5.69 Å². The Morgan fingerprint density at radius 1 is 1.29 bits per heavy atom. The third-order valence-electron chi connectivity index (χ3n) is 3.42. The second-order valence-corrected chi connectivity index (χ2v) is 8.41. The number of piperidine rings is 1. The van der Waals surface area contributed by atoms with Gasteiger partial charge in [-0.15, -0.1) is 0 Å². The molecule has 1 atom stereocenters. The summed E-state index contributed by atoms with van der Waals surface area (Å²) < 4.78 is 26.6. The van der Waals surface area contributed by atoms with E-state index in [4.69, 9.17) is 0 Å². The lowest BCUT2D eigenvalue weighted by Gasteiger charge is -2.26. The Kier molecular flexibility index (Phi) is 5.40. The van der Waals surface area contributed by atoms with Crippen LogP contribution in [0.15, 0.2) is 29.2 Å². The first-order chi connectivity index (χ1) is 9.91. The van der Waals surface area contributed by atoms with Gasteiger partial charge in [-0.1, -0.05) is 28.4 Å². The average Bonchev–Trinajstić information content (AvgIpc) is 2.48. The van der Waals surface area contributed by atoms with Gasteiger partial charge in [0.15, 0.2) is 0 Å². The minimum Gasteiger partial charge on any atom is -0.325 e. The number of rotatable bonds is 4. The fourth-order valence-electron chi connectivity index (χ4n) is 2.23. The van der Waals surface area contributed by atoms with Gasteiger partial charge >= 0.3 is 0 Å². The quantitative estimate of drug-likeness (QED) is 0.823. The van der Waals surface area contributed by atoms with Gasteiger partial charge in [0.05, 0.1) is 9.72 Å². The average molecular weight is 375 g/mol. The van der Waals surface area contributed by atoms with Crippen LogP contribution in [0.2, 0.25) is 0 Å². The summed E-state index contributed by atoms with van der Waals surface area (Å²) in [4.78, 5) is 11.5. The first kappa shape index (κ1) is 16.5. The summed E-state index contributed by atoms with van der Waals surface area (Å²) in [5.74, 6) is -0.206. The highest BCUT2D eigenvalue weighted by molar-refractivity contribution is 9.10. The lowest BCUT2D eigenvalue weighted by atomic mass is 10.2. The highest BCUT2D eigenvalue weighted by Gasteiger charge is 2.26. The number of halogens is 1. The van der Waals surface area contributed by atoms with Crippen LogP contribution in [0.3, 0.4) is 0 Å². The molecule has 116 valence electrons. The zero-order valence-corrected chi connectivity index (χ0v) is 14.3. The van der Waals surface area contributed by atoms with Gasteiger partial charge in [0.1, 0.15) is 0 Å². The molecular weight excluding hydrogens is 356 g/mol. The van der Waals surface area contributed by atoms with Crippen molar-refractivity contribution in [1.29, 1.82) is 0 Å². The monoisotopic (exact) mass is 374 g/mol. The van der Waals surface area contributed by atoms with E-state index in [9.17, 15) is 13.2 Å². The van der Waals surface area contributed by atoms with Crippen LogP contribution in [0.25, 0.3) is 0 Å². The fourth-order valence-corrected chi connectivity index (χ4v) is 3.91. The van der Waals surface area contributed by atoms with Gasteiger partial charge in [-0.05, 0) is 38.0 Å². The minimum absolute atomic E-state index is 0.206. The Morgan fingerprint density at radius 2 is 1.95 bits per heavy atom. The molecule has 1 aromatic rings. The van der Waals surface area contributed by atoms with E-state index in [1.165, 1.54) is 10.4 Å². The van der Waals surface area contributed by atoms with Gasteiger partial charge in [0.2, 0.25) is 15.9 Å². The summed E-state index contributed by atoms with van der Waals surface area (Å²) in [6.45, 7) is 2.85. The normalized spacial score (nSPS) is 18.2. The number of carbonyl (C=O) groups excluding carboxylic acids is 1. The Labute approximate surface area is 133 Å². The number of carbonyl (C=O) groups is 1. The molecule has 1 amide bonds. The van der Waals surface area contributed by atoms with Crippen LogP contribution in [0.5, 0.6) is 0 Å². The molecule has 1 heterocycles. The van der Waals surface area contributed by atoms with Crippen molar-refractivity contribution >= 4 is 37.5 Å². The van der Waals surface area contributed by atoms with E-state index in [2.05, 4.69) is 21.2 Å². The number of amides is 1. The summed E-state index contributed by atoms with van der Waals surface area (Å²) in [7, 11) is -3.47. The summed E-state index contributed by atoms with van der Waals surface area (Å²) in [5.41, 5.74) is 0.490. The number of anilines is 1. The summed E-state index contributed by atoms with van der Waals surface area (Å²) in [6, 6.07) is 6.40. The second kappa shape index (κ2) is 6.89. The zero-order valence-electron chi connectivity index (χ0n) is 11.9. The van der Waals surface area contributed by atoms with Gasteiger partial charge in [-0.3, -0.25) is 4.79 Å². The largest absolute Gasteiger partial charge is 0.325 e. The standard InChI is InChI=1S/C14H19BrN2O3S/c1-11(15)14(18)16-12-6-5-7-13(10-12)21(19,20)17-8-3-2-4-9-17/h5-7,10-11H,2-4,8-9H2,1H3,(H,16,18). The molecule has 1 saturated heterocycles. The van der Waals surface area contributed by atoms with Crippen LogP contribution in [0, 0.1) is 0 Å². The van der Waals surface area contributed by atoms with Crippen molar-refractivity contribution in [2.45, 2.75) is 35.9 Å². The van der Waals surface area contributed by atoms with E-state index < -0.39 is 10.0 Å². The Bertz CT molecular complexity index is 610. The van der Waals surface area contributed by atoms with Gasteiger partial charge in [-0.25, -0.2) is 8.42 Å². The molecule has 1 unspecified atom stereocenters. The van der Waals surface area contributed by atoms with Crippen LogP contribution < -0.4 is 5.32 Å². The highest BCUT2D eigenvalue weighted by atomic mass is 79.9. The number of sulfonamides is 1. The van der Waals surface area contributed by atoms with E-state index in [1.807, 2.05) is 0 Å². The van der Waals surface area contributed by atoms with Crippen molar-refractivity contribution in [2.24, 2.45) is 0 Å². The maximum atomic E-state index is 12.6. The van der Waals surface area contributed by atoms with Crippen molar-refractivity contribution in [3.05, 3.63) is 24.3 Å². The van der Waals surface area contributed by atoms with Crippen molar-refractivity contribution in [1.82, 2.24) is 4.31 Å². The van der Waals surface area contributed by atoms with Crippen LogP contribution >= 0.6 is 15.9 Å². The van der Waals surface area contributed by atoms with Crippen LogP contribution in [0.1, 0.15) is 26.2 Å². The van der Waals surface area contributed by atoms with Gasteiger partial charge in [0, 0.05) is 18.8 Å².